The van der Waals surface area contributed by atoms with Gasteiger partial charge in [0, 0.05) is 50.2 Å². The first-order valence-corrected chi connectivity index (χ1v) is 8.57. The second-order valence-corrected chi connectivity index (χ2v) is 7.26. The van der Waals surface area contributed by atoms with Crippen LogP contribution in [0.2, 0.25) is 0 Å². The molecule has 2 heterocycles. The lowest BCUT2D eigenvalue weighted by Gasteiger charge is -2.54. The van der Waals surface area contributed by atoms with Crippen LogP contribution in [0.1, 0.15) is 26.7 Å². The van der Waals surface area contributed by atoms with Gasteiger partial charge in [0.15, 0.2) is 5.96 Å². The SMILES string of the molecule is CC1(C)C(NC(N)=NCCCN2CCOCC2)C2CCOC21.I. The minimum Gasteiger partial charge on any atom is -0.379 e. The van der Waals surface area contributed by atoms with E-state index in [2.05, 4.69) is 29.1 Å². The van der Waals surface area contributed by atoms with E-state index in [-0.39, 0.29) is 29.4 Å². The van der Waals surface area contributed by atoms with Crippen molar-refractivity contribution in [3.63, 3.8) is 0 Å². The number of nitrogens with one attached hydrogen (secondary N) is 1. The average Bonchev–Trinajstić information content (AvgIpc) is 2.97. The van der Waals surface area contributed by atoms with Crippen molar-refractivity contribution >= 4 is 29.9 Å². The van der Waals surface area contributed by atoms with E-state index in [1.165, 1.54) is 0 Å². The number of fused-ring (bicyclic) bond motifs is 1. The molecule has 0 aromatic rings. The van der Waals surface area contributed by atoms with E-state index in [0.717, 1.165) is 58.8 Å². The molecule has 3 rings (SSSR count). The molecule has 0 radical (unpaired) electrons. The van der Waals surface area contributed by atoms with Gasteiger partial charge in [-0.3, -0.25) is 9.89 Å². The van der Waals surface area contributed by atoms with Crippen LogP contribution in [0.4, 0.5) is 0 Å². The van der Waals surface area contributed by atoms with Crippen LogP contribution in [-0.2, 0) is 9.47 Å². The minimum absolute atomic E-state index is 0. The predicted octanol–water partition coefficient (Wildman–Crippen LogP) is 1.04. The third kappa shape index (κ3) is 4.29. The molecule has 0 spiro atoms. The van der Waals surface area contributed by atoms with Crippen molar-refractivity contribution in [2.45, 2.75) is 38.8 Å². The summed E-state index contributed by atoms with van der Waals surface area (Å²) >= 11 is 0. The molecule has 0 bridgehead atoms. The largest absolute Gasteiger partial charge is 0.379 e. The number of halogens is 1. The van der Waals surface area contributed by atoms with Gasteiger partial charge >= 0.3 is 0 Å². The molecule has 3 fully saturated rings. The van der Waals surface area contributed by atoms with Crippen LogP contribution in [0.25, 0.3) is 0 Å². The zero-order chi connectivity index (χ0) is 15.6. The zero-order valence-electron chi connectivity index (χ0n) is 14.3. The number of rotatable bonds is 5. The molecule has 3 aliphatic rings. The number of aliphatic imine (C=N–C) groups is 1. The van der Waals surface area contributed by atoms with Crippen LogP contribution < -0.4 is 11.1 Å². The molecule has 6 nitrogen and oxygen atoms in total. The van der Waals surface area contributed by atoms with E-state index in [0.29, 0.717) is 24.0 Å². The van der Waals surface area contributed by atoms with Crippen molar-refractivity contribution in [2.75, 3.05) is 46.0 Å². The highest BCUT2D eigenvalue weighted by Crippen LogP contribution is 2.51. The Bertz CT molecular complexity index is 413. The second-order valence-electron chi connectivity index (χ2n) is 7.26. The highest BCUT2D eigenvalue weighted by atomic mass is 127. The first-order valence-electron chi connectivity index (χ1n) is 8.57. The fourth-order valence-electron chi connectivity index (χ4n) is 4.14. The summed E-state index contributed by atoms with van der Waals surface area (Å²) in [6.07, 6.45) is 2.57. The Hall–Kier alpha value is -0.120. The highest BCUT2D eigenvalue weighted by Gasteiger charge is 2.59. The van der Waals surface area contributed by atoms with Crippen LogP contribution in [0.15, 0.2) is 4.99 Å². The van der Waals surface area contributed by atoms with Crippen LogP contribution in [0.5, 0.6) is 0 Å². The molecular formula is C16H31IN4O2. The predicted molar refractivity (Wildman–Crippen MR) is 102 cm³/mol. The Morgan fingerprint density at radius 1 is 1.30 bits per heavy atom. The van der Waals surface area contributed by atoms with Crippen molar-refractivity contribution in [1.29, 1.82) is 0 Å². The number of hydrogen-bond acceptors (Lipinski definition) is 4. The fourth-order valence-corrected chi connectivity index (χ4v) is 4.14. The molecule has 7 heteroatoms. The van der Waals surface area contributed by atoms with E-state index >= 15 is 0 Å². The summed E-state index contributed by atoms with van der Waals surface area (Å²) in [6.45, 7) is 11.0. The first-order chi connectivity index (χ1) is 10.6. The Morgan fingerprint density at radius 3 is 2.78 bits per heavy atom. The normalized spacial score (nSPS) is 33.5. The van der Waals surface area contributed by atoms with Gasteiger partial charge < -0.3 is 20.5 Å². The molecule has 0 amide bonds. The van der Waals surface area contributed by atoms with Gasteiger partial charge in [-0.25, -0.2) is 0 Å². The van der Waals surface area contributed by atoms with E-state index < -0.39 is 0 Å². The topological polar surface area (TPSA) is 72.1 Å². The molecule has 3 atom stereocenters. The molecule has 1 saturated carbocycles. The summed E-state index contributed by atoms with van der Waals surface area (Å²) in [7, 11) is 0. The third-order valence-electron chi connectivity index (χ3n) is 5.42. The van der Waals surface area contributed by atoms with E-state index in [4.69, 9.17) is 15.2 Å². The number of morpholine rings is 1. The Kier molecular flexibility index (Phi) is 6.94. The lowest BCUT2D eigenvalue weighted by atomic mass is 9.57. The first kappa shape index (κ1) is 19.2. The number of guanidine groups is 1. The number of hydrogen-bond donors (Lipinski definition) is 2. The molecule has 3 unspecified atom stereocenters. The van der Waals surface area contributed by atoms with E-state index in [9.17, 15) is 0 Å². The van der Waals surface area contributed by atoms with Crippen LogP contribution in [0.3, 0.4) is 0 Å². The summed E-state index contributed by atoms with van der Waals surface area (Å²) < 4.78 is 11.2. The van der Waals surface area contributed by atoms with Gasteiger partial charge in [0.1, 0.15) is 0 Å². The Balaban J connectivity index is 0.00000192. The maximum Gasteiger partial charge on any atom is 0.188 e. The molecule has 1 aliphatic carbocycles. The summed E-state index contributed by atoms with van der Waals surface area (Å²) in [5, 5.41) is 3.43. The second kappa shape index (κ2) is 8.31. The smallest absolute Gasteiger partial charge is 0.188 e. The molecule has 2 saturated heterocycles. The minimum atomic E-state index is 0. The van der Waals surface area contributed by atoms with Crippen LogP contribution in [-0.4, -0.2) is 69.0 Å². The van der Waals surface area contributed by atoms with Gasteiger partial charge in [0.25, 0.3) is 0 Å². The molecule has 3 N–H and O–H groups in total. The third-order valence-corrected chi connectivity index (χ3v) is 5.42. The fraction of sp³-hybridized carbons (Fsp3) is 0.938. The van der Waals surface area contributed by atoms with E-state index in [1.807, 2.05) is 0 Å². The Morgan fingerprint density at radius 2 is 2.04 bits per heavy atom. The highest BCUT2D eigenvalue weighted by molar-refractivity contribution is 14.0. The van der Waals surface area contributed by atoms with Crippen molar-refractivity contribution in [2.24, 2.45) is 22.1 Å². The number of nitrogens with two attached hydrogens (primary N) is 1. The maximum atomic E-state index is 6.07. The Labute approximate surface area is 156 Å². The summed E-state index contributed by atoms with van der Waals surface area (Å²) in [4.78, 5) is 6.92. The van der Waals surface area contributed by atoms with Gasteiger partial charge in [0.2, 0.25) is 0 Å². The average molecular weight is 438 g/mol. The molecule has 0 aromatic carbocycles. The molecular weight excluding hydrogens is 407 g/mol. The van der Waals surface area contributed by atoms with Gasteiger partial charge in [-0.05, 0) is 12.8 Å². The molecule has 2 aliphatic heterocycles. The lowest BCUT2D eigenvalue weighted by Crippen LogP contribution is -2.67. The maximum absolute atomic E-state index is 6.07. The van der Waals surface area contributed by atoms with Crippen molar-refractivity contribution in [3.8, 4) is 0 Å². The molecule has 23 heavy (non-hydrogen) atoms. The van der Waals surface area contributed by atoms with Crippen molar-refractivity contribution in [1.82, 2.24) is 10.2 Å². The summed E-state index contributed by atoms with van der Waals surface area (Å²) in [5.41, 5.74) is 6.22. The van der Waals surface area contributed by atoms with Crippen molar-refractivity contribution < 1.29 is 9.47 Å². The van der Waals surface area contributed by atoms with Crippen LogP contribution in [0, 0.1) is 11.3 Å². The standard InChI is InChI=1S/C16H30N4O2.HI/c1-16(2)13(12-4-9-22-14(12)16)19-15(17)18-5-3-6-20-7-10-21-11-8-20;/h12-14H,3-11H2,1-2H3,(H3,17,18,19);1H. The van der Waals surface area contributed by atoms with E-state index in [1.54, 1.807) is 0 Å². The summed E-state index contributed by atoms with van der Waals surface area (Å²) in [5.74, 6) is 1.18. The monoisotopic (exact) mass is 438 g/mol. The van der Waals surface area contributed by atoms with Gasteiger partial charge in [0.05, 0.1) is 19.3 Å². The van der Waals surface area contributed by atoms with Gasteiger partial charge in [-0.15, -0.1) is 24.0 Å². The van der Waals surface area contributed by atoms with Crippen LogP contribution >= 0.6 is 24.0 Å². The van der Waals surface area contributed by atoms with Gasteiger partial charge in [-0.2, -0.15) is 0 Å². The van der Waals surface area contributed by atoms with Gasteiger partial charge in [-0.1, -0.05) is 13.8 Å². The lowest BCUT2D eigenvalue weighted by molar-refractivity contribution is -0.106. The number of ether oxygens (including phenoxy) is 2. The van der Waals surface area contributed by atoms with Crippen molar-refractivity contribution in [3.05, 3.63) is 0 Å². The molecule has 0 aromatic heterocycles. The summed E-state index contributed by atoms with van der Waals surface area (Å²) in [6, 6.07) is 0.392. The quantitative estimate of drug-likeness (QED) is 0.291. The number of nitrogens with zero attached hydrogens (tertiary/aromatic N) is 2. The zero-order valence-corrected chi connectivity index (χ0v) is 16.6. The molecule has 134 valence electrons.